The molecule has 20 heavy (non-hydrogen) atoms. The third-order valence-electron chi connectivity index (χ3n) is 4.11. The maximum Gasteiger partial charge on any atom is 0.199 e. The van der Waals surface area contributed by atoms with Gasteiger partial charge in [0.25, 0.3) is 0 Å². The van der Waals surface area contributed by atoms with Crippen LogP contribution in [0.5, 0.6) is 0 Å². The number of anilines is 1. The van der Waals surface area contributed by atoms with Crippen LogP contribution in [-0.2, 0) is 0 Å². The molecular formula is C13H21N7. The van der Waals surface area contributed by atoms with Crippen LogP contribution in [0.25, 0.3) is 5.65 Å². The maximum atomic E-state index is 4.25. The average Bonchev–Trinajstić information content (AvgIpc) is 2.96. The summed E-state index contributed by atoms with van der Waals surface area (Å²) in [5.41, 5.74) is 0.698. The van der Waals surface area contributed by atoms with Gasteiger partial charge in [-0.1, -0.05) is 6.92 Å². The van der Waals surface area contributed by atoms with E-state index in [0.717, 1.165) is 25.5 Å². The van der Waals surface area contributed by atoms with Crippen LogP contribution >= 0.6 is 0 Å². The van der Waals surface area contributed by atoms with Gasteiger partial charge in [-0.25, -0.2) is 0 Å². The molecule has 1 fully saturated rings. The molecule has 0 amide bonds. The van der Waals surface area contributed by atoms with Crippen molar-refractivity contribution in [3.8, 4) is 0 Å². The predicted molar refractivity (Wildman–Crippen MR) is 76.7 cm³/mol. The first-order valence-electron chi connectivity index (χ1n) is 7.30. The second kappa shape index (κ2) is 5.70. The van der Waals surface area contributed by atoms with Crippen LogP contribution < -0.4 is 10.2 Å². The molecule has 3 rings (SSSR count). The molecular weight excluding hydrogens is 254 g/mol. The van der Waals surface area contributed by atoms with Gasteiger partial charge < -0.3 is 10.2 Å². The number of hydrogen-bond donors (Lipinski definition) is 1. The molecule has 2 unspecified atom stereocenters. The Bertz CT molecular complexity index is 567. The number of tetrazole rings is 1. The van der Waals surface area contributed by atoms with E-state index in [9.17, 15) is 0 Å². The van der Waals surface area contributed by atoms with Gasteiger partial charge in [0, 0.05) is 19.1 Å². The van der Waals surface area contributed by atoms with E-state index in [2.05, 4.69) is 44.6 Å². The molecule has 1 N–H and O–H groups in total. The zero-order valence-corrected chi connectivity index (χ0v) is 12.0. The van der Waals surface area contributed by atoms with Crippen LogP contribution in [0, 0.1) is 5.92 Å². The number of piperidine rings is 1. The summed E-state index contributed by atoms with van der Waals surface area (Å²) in [7, 11) is 0. The normalized spacial score (nSPS) is 21.3. The molecule has 0 aromatic carbocycles. The Morgan fingerprint density at radius 1 is 1.45 bits per heavy atom. The minimum atomic E-state index is 0.531. The van der Waals surface area contributed by atoms with Gasteiger partial charge in [0.1, 0.15) is 0 Å². The lowest BCUT2D eigenvalue weighted by molar-refractivity contribution is 0.322. The second-order valence-electron chi connectivity index (χ2n) is 5.41. The molecule has 108 valence electrons. The fourth-order valence-electron chi connectivity index (χ4n) is 2.99. The highest BCUT2D eigenvalue weighted by molar-refractivity contribution is 5.46. The molecule has 2 aromatic heterocycles. The number of rotatable bonds is 4. The van der Waals surface area contributed by atoms with E-state index >= 15 is 0 Å². The molecule has 7 nitrogen and oxygen atoms in total. The van der Waals surface area contributed by atoms with Crippen molar-refractivity contribution in [2.24, 2.45) is 5.92 Å². The molecule has 1 aliphatic heterocycles. The number of aromatic nitrogens is 5. The highest BCUT2D eigenvalue weighted by Crippen LogP contribution is 2.24. The van der Waals surface area contributed by atoms with Crippen molar-refractivity contribution < 1.29 is 0 Å². The first-order chi connectivity index (χ1) is 9.79. The van der Waals surface area contributed by atoms with Gasteiger partial charge in [0.2, 0.25) is 0 Å². The summed E-state index contributed by atoms with van der Waals surface area (Å²) >= 11 is 0. The fourth-order valence-corrected chi connectivity index (χ4v) is 2.99. The van der Waals surface area contributed by atoms with Gasteiger partial charge in [-0.2, -0.15) is 4.52 Å². The molecule has 1 saturated heterocycles. The van der Waals surface area contributed by atoms with Crippen LogP contribution in [0.4, 0.5) is 5.82 Å². The molecule has 0 radical (unpaired) electrons. The summed E-state index contributed by atoms with van der Waals surface area (Å²) < 4.78 is 1.77. The summed E-state index contributed by atoms with van der Waals surface area (Å²) in [5, 5.41) is 15.3. The summed E-state index contributed by atoms with van der Waals surface area (Å²) in [6.07, 6.45) is 6.00. The van der Waals surface area contributed by atoms with Crippen molar-refractivity contribution in [2.45, 2.75) is 32.7 Å². The summed E-state index contributed by atoms with van der Waals surface area (Å²) in [5.74, 6) is 1.64. The molecule has 0 saturated carbocycles. The first-order valence-corrected chi connectivity index (χ1v) is 7.30. The van der Waals surface area contributed by atoms with Crippen molar-refractivity contribution in [3.63, 3.8) is 0 Å². The lowest BCUT2D eigenvalue weighted by Crippen LogP contribution is -2.45. The molecule has 7 heteroatoms. The van der Waals surface area contributed by atoms with E-state index in [1.54, 1.807) is 10.7 Å². The van der Waals surface area contributed by atoms with Gasteiger partial charge >= 0.3 is 0 Å². The van der Waals surface area contributed by atoms with E-state index < -0.39 is 0 Å². The van der Waals surface area contributed by atoms with E-state index in [1.165, 1.54) is 12.8 Å². The van der Waals surface area contributed by atoms with Crippen LogP contribution in [0.1, 0.15) is 26.7 Å². The van der Waals surface area contributed by atoms with Crippen LogP contribution in [0.15, 0.2) is 12.4 Å². The fraction of sp³-hybridized carbons (Fsp3) is 0.692. The smallest absolute Gasteiger partial charge is 0.199 e. The Morgan fingerprint density at radius 3 is 3.20 bits per heavy atom. The van der Waals surface area contributed by atoms with Gasteiger partial charge in [-0.15, -0.1) is 5.10 Å². The number of fused-ring (bicyclic) bond motifs is 1. The third-order valence-corrected chi connectivity index (χ3v) is 4.11. The van der Waals surface area contributed by atoms with Crippen molar-refractivity contribution in [1.82, 2.24) is 30.3 Å². The lowest BCUT2D eigenvalue weighted by atomic mass is 9.91. The highest BCUT2D eigenvalue weighted by atomic mass is 15.5. The van der Waals surface area contributed by atoms with Crippen molar-refractivity contribution >= 4 is 11.5 Å². The maximum absolute atomic E-state index is 4.25. The number of nitrogens with zero attached hydrogens (tertiary/aromatic N) is 6. The molecule has 3 heterocycles. The largest absolute Gasteiger partial charge is 0.355 e. The molecule has 2 atom stereocenters. The zero-order valence-electron chi connectivity index (χ0n) is 12.0. The quantitative estimate of drug-likeness (QED) is 0.887. The van der Waals surface area contributed by atoms with E-state index in [-0.39, 0.29) is 0 Å². The molecule has 0 bridgehead atoms. The number of hydrogen-bond acceptors (Lipinski definition) is 6. The summed E-state index contributed by atoms with van der Waals surface area (Å²) in [4.78, 5) is 6.59. The molecule has 2 aromatic rings. The predicted octanol–water partition coefficient (Wildman–Crippen LogP) is 0.734. The Balaban J connectivity index is 1.81. The lowest BCUT2D eigenvalue weighted by Gasteiger charge is -2.36. The van der Waals surface area contributed by atoms with Crippen molar-refractivity contribution in [1.29, 1.82) is 0 Å². The van der Waals surface area contributed by atoms with Gasteiger partial charge in [0.05, 0.1) is 12.4 Å². The summed E-state index contributed by atoms with van der Waals surface area (Å²) in [6, 6.07) is 0.531. The third kappa shape index (κ3) is 2.45. The van der Waals surface area contributed by atoms with Crippen molar-refractivity contribution in [3.05, 3.63) is 12.4 Å². The monoisotopic (exact) mass is 275 g/mol. The van der Waals surface area contributed by atoms with Crippen molar-refractivity contribution in [2.75, 3.05) is 24.5 Å². The Kier molecular flexibility index (Phi) is 3.77. The minimum Gasteiger partial charge on any atom is -0.355 e. The van der Waals surface area contributed by atoms with Crippen LogP contribution in [-0.4, -0.2) is 50.7 Å². The Morgan fingerprint density at radius 2 is 2.35 bits per heavy atom. The first kappa shape index (κ1) is 13.2. The summed E-state index contributed by atoms with van der Waals surface area (Å²) in [6.45, 7) is 7.50. The van der Waals surface area contributed by atoms with Gasteiger partial charge in [-0.3, -0.25) is 4.98 Å². The zero-order chi connectivity index (χ0) is 13.9. The minimum absolute atomic E-state index is 0.531. The Hall–Kier alpha value is -1.76. The van der Waals surface area contributed by atoms with Gasteiger partial charge in [0.15, 0.2) is 11.5 Å². The molecule has 1 aliphatic rings. The van der Waals surface area contributed by atoms with Gasteiger partial charge in [-0.05, 0) is 42.7 Å². The van der Waals surface area contributed by atoms with Crippen LogP contribution in [0.3, 0.4) is 0 Å². The van der Waals surface area contributed by atoms with Crippen LogP contribution in [0.2, 0.25) is 0 Å². The average molecular weight is 275 g/mol. The highest BCUT2D eigenvalue weighted by Gasteiger charge is 2.25. The number of nitrogens with one attached hydrogen (secondary N) is 1. The van der Waals surface area contributed by atoms with E-state index in [0.29, 0.717) is 17.6 Å². The second-order valence-corrected chi connectivity index (χ2v) is 5.41. The topological polar surface area (TPSA) is 71.2 Å². The van der Waals surface area contributed by atoms with E-state index in [1.807, 2.05) is 6.20 Å². The molecule has 0 spiro atoms. The SMILES string of the molecule is CCNC(C)C1CCCN(c2cncc3nnnn23)C1. The molecule has 0 aliphatic carbocycles. The standard InChI is InChI=1S/C13H21N7/c1-3-15-10(2)11-5-4-6-19(9-11)13-8-14-7-12-16-17-18-20(12)13/h7-8,10-11,15H,3-6,9H2,1-2H3. The Labute approximate surface area is 118 Å². The van der Waals surface area contributed by atoms with E-state index in [4.69, 9.17) is 0 Å².